The zero-order valence-corrected chi connectivity index (χ0v) is 17.1. The van der Waals surface area contributed by atoms with E-state index in [2.05, 4.69) is 69.5 Å². The van der Waals surface area contributed by atoms with E-state index in [1.807, 2.05) is 22.7 Å². The van der Waals surface area contributed by atoms with Gasteiger partial charge in [0.2, 0.25) is 0 Å². The molecule has 0 spiro atoms. The van der Waals surface area contributed by atoms with Gasteiger partial charge in [0, 0.05) is 28.4 Å². The first-order valence-corrected chi connectivity index (χ1v) is 11.8. The van der Waals surface area contributed by atoms with Gasteiger partial charge in [-0.05, 0) is 72.3 Å². The first-order chi connectivity index (χ1) is 13.4. The van der Waals surface area contributed by atoms with E-state index in [0.717, 1.165) is 12.5 Å². The Morgan fingerprint density at radius 3 is 2.56 bits per heavy atom. The normalized spacial score (nSPS) is 27.1. The highest BCUT2D eigenvalue weighted by Crippen LogP contribution is 2.38. The lowest BCUT2D eigenvalue weighted by atomic mass is 9.76. The molecule has 27 heavy (non-hydrogen) atoms. The van der Waals surface area contributed by atoms with Crippen LogP contribution in [-0.2, 0) is 13.0 Å². The number of hydrogen-bond donors (Lipinski definition) is 1. The Kier molecular flexibility index (Phi) is 5.14. The van der Waals surface area contributed by atoms with E-state index in [1.165, 1.54) is 53.2 Å². The zero-order chi connectivity index (χ0) is 18.1. The third-order valence-corrected chi connectivity index (χ3v) is 8.28. The number of rotatable bonds is 6. The average Bonchev–Trinajstić information content (AvgIpc) is 3.40. The van der Waals surface area contributed by atoms with Gasteiger partial charge in [-0.3, -0.25) is 4.90 Å². The summed E-state index contributed by atoms with van der Waals surface area (Å²) >= 11 is 3.76. The van der Waals surface area contributed by atoms with Crippen LogP contribution in [0.3, 0.4) is 0 Å². The highest BCUT2D eigenvalue weighted by molar-refractivity contribution is 7.20. The van der Waals surface area contributed by atoms with Crippen molar-refractivity contribution in [1.29, 1.82) is 0 Å². The van der Waals surface area contributed by atoms with E-state index in [0.29, 0.717) is 12.1 Å². The summed E-state index contributed by atoms with van der Waals surface area (Å²) in [5, 5.41) is 8.41. The Balaban J connectivity index is 1.36. The molecule has 6 rings (SSSR count). The third kappa shape index (κ3) is 3.64. The van der Waals surface area contributed by atoms with Gasteiger partial charge in [0.15, 0.2) is 0 Å². The molecular formula is C23H26N2S2. The van der Waals surface area contributed by atoms with E-state index in [-0.39, 0.29) is 0 Å². The molecule has 2 bridgehead atoms. The monoisotopic (exact) mass is 394 g/mol. The van der Waals surface area contributed by atoms with Crippen LogP contribution in [0.15, 0.2) is 59.3 Å². The zero-order valence-electron chi connectivity index (χ0n) is 15.5. The van der Waals surface area contributed by atoms with Crippen LogP contribution in [-0.4, -0.2) is 30.1 Å². The quantitative estimate of drug-likeness (QED) is 0.612. The first-order valence-electron chi connectivity index (χ1n) is 10.00. The van der Waals surface area contributed by atoms with Gasteiger partial charge in [-0.1, -0.05) is 36.4 Å². The van der Waals surface area contributed by atoms with E-state index in [4.69, 9.17) is 0 Å². The standard InChI is InChI=1S/C23H26N2S2/c1-2-5-17(6-3-1)16-24-22-18-8-11-25(12-9-18)20(22)15-19-10-14-27-23(19)21-7-4-13-26-21/h1-7,10,13-14,18,20,22,24H,8-9,11-12,15-16H2/t20-,22-/m1/s1. The number of fused-ring (bicyclic) bond motifs is 3. The molecule has 0 saturated carbocycles. The van der Waals surface area contributed by atoms with Gasteiger partial charge in [0.05, 0.1) is 0 Å². The minimum absolute atomic E-state index is 0.601. The maximum absolute atomic E-state index is 3.95. The molecule has 0 unspecified atom stereocenters. The first kappa shape index (κ1) is 17.6. The fourth-order valence-electron chi connectivity index (χ4n) is 4.89. The van der Waals surface area contributed by atoms with Crippen molar-refractivity contribution < 1.29 is 0 Å². The van der Waals surface area contributed by atoms with Crippen molar-refractivity contribution in [2.24, 2.45) is 5.92 Å². The second-order valence-electron chi connectivity index (χ2n) is 7.79. The molecule has 0 amide bonds. The smallest absolute Gasteiger partial charge is 0.0475 e. The summed E-state index contributed by atoms with van der Waals surface area (Å²) in [6, 6.07) is 18.9. The molecule has 4 heteroatoms. The summed E-state index contributed by atoms with van der Waals surface area (Å²) in [5.74, 6) is 0.826. The summed E-state index contributed by atoms with van der Waals surface area (Å²) in [6.45, 7) is 3.53. The summed E-state index contributed by atoms with van der Waals surface area (Å²) in [6.07, 6.45) is 3.87. The molecule has 3 aliphatic heterocycles. The number of thiophene rings is 2. The van der Waals surface area contributed by atoms with Gasteiger partial charge in [-0.15, -0.1) is 22.7 Å². The average molecular weight is 395 g/mol. The van der Waals surface area contributed by atoms with Crippen molar-refractivity contribution in [1.82, 2.24) is 10.2 Å². The molecular weight excluding hydrogens is 368 g/mol. The summed E-state index contributed by atoms with van der Waals surface area (Å²) in [4.78, 5) is 5.65. The predicted molar refractivity (Wildman–Crippen MR) is 116 cm³/mol. The molecule has 3 saturated heterocycles. The van der Waals surface area contributed by atoms with Crippen LogP contribution in [0.1, 0.15) is 24.0 Å². The van der Waals surface area contributed by atoms with Crippen LogP contribution in [0, 0.1) is 5.92 Å². The second kappa shape index (κ2) is 7.88. The summed E-state index contributed by atoms with van der Waals surface area (Å²) in [5.41, 5.74) is 2.93. The maximum Gasteiger partial charge on any atom is 0.0475 e. The highest BCUT2D eigenvalue weighted by atomic mass is 32.1. The van der Waals surface area contributed by atoms with Crippen LogP contribution in [0.2, 0.25) is 0 Å². The SMILES string of the molecule is c1ccc(CN[C@@H]2C3CCN(CC3)[C@@H]2Cc2ccsc2-c2cccs2)cc1. The van der Waals surface area contributed by atoms with Crippen LogP contribution in [0.5, 0.6) is 0 Å². The molecule has 0 aliphatic carbocycles. The van der Waals surface area contributed by atoms with Crippen LogP contribution in [0.4, 0.5) is 0 Å². The Bertz CT molecular complexity index is 848. The molecule has 5 heterocycles. The minimum Gasteiger partial charge on any atom is -0.308 e. The Morgan fingerprint density at radius 2 is 1.78 bits per heavy atom. The molecule has 3 aromatic rings. The van der Waals surface area contributed by atoms with Crippen LogP contribution < -0.4 is 5.32 Å². The molecule has 2 nitrogen and oxygen atoms in total. The molecule has 1 aromatic carbocycles. The van der Waals surface area contributed by atoms with Crippen molar-refractivity contribution in [3.05, 3.63) is 70.4 Å². The second-order valence-corrected chi connectivity index (χ2v) is 9.65. The predicted octanol–water partition coefficient (Wildman–Crippen LogP) is 5.27. The topological polar surface area (TPSA) is 15.3 Å². The molecule has 0 radical (unpaired) electrons. The van der Waals surface area contributed by atoms with E-state index in [1.54, 1.807) is 0 Å². The Hall–Kier alpha value is -1.46. The van der Waals surface area contributed by atoms with Gasteiger partial charge in [-0.25, -0.2) is 0 Å². The van der Waals surface area contributed by atoms with E-state index < -0.39 is 0 Å². The third-order valence-electron chi connectivity index (χ3n) is 6.27. The lowest BCUT2D eigenvalue weighted by molar-refractivity contribution is 0.0128. The molecule has 2 atom stereocenters. The molecule has 3 aliphatic rings. The fourth-order valence-corrected chi connectivity index (χ4v) is 6.73. The molecule has 1 N–H and O–H groups in total. The fraction of sp³-hybridized carbons (Fsp3) is 0.391. The van der Waals surface area contributed by atoms with Crippen molar-refractivity contribution in [2.45, 2.75) is 37.9 Å². The lowest BCUT2D eigenvalue weighted by Gasteiger charge is -2.51. The highest BCUT2D eigenvalue weighted by Gasteiger charge is 2.42. The molecule has 2 aromatic heterocycles. The van der Waals surface area contributed by atoms with Gasteiger partial charge < -0.3 is 5.32 Å². The van der Waals surface area contributed by atoms with Crippen LogP contribution in [0.25, 0.3) is 9.75 Å². The van der Waals surface area contributed by atoms with Crippen molar-refractivity contribution in [3.63, 3.8) is 0 Å². The summed E-state index contributed by atoms with van der Waals surface area (Å²) < 4.78 is 0. The lowest BCUT2D eigenvalue weighted by Crippen LogP contribution is -2.63. The number of benzene rings is 1. The summed E-state index contributed by atoms with van der Waals surface area (Å²) in [7, 11) is 0. The maximum atomic E-state index is 3.95. The van der Waals surface area contributed by atoms with Crippen molar-refractivity contribution in [3.8, 4) is 9.75 Å². The number of hydrogen-bond acceptors (Lipinski definition) is 4. The van der Waals surface area contributed by atoms with Gasteiger partial charge in [0.1, 0.15) is 0 Å². The number of nitrogens with one attached hydrogen (secondary N) is 1. The molecule has 3 fully saturated rings. The number of piperidine rings is 3. The van der Waals surface area contributed by atoms with Gasteiger partial charge in [-0.2, -0.15) is 0 Å². The molecule has 140 valence electrons. The van der Waals surface area contributed by atoms with Gasteiger partial charge >= 0.3 is 0 Å². The van der Waals surface area contributed by atoms with E-state index >= 15 is 0 Å². The Morgan fingerprint density at radius 1 is 0.926 bits per heavy atom. The minimum atomic E-state index is 0.601. The van der Waals surface area contributed by atoms with Crippen LogP contribution >= 0.6 is 22.7 Å². The van der Waals surface area contributed by atoms with Crippen molar-refractivity contribution in [2.75, 3.05) is 13.1 Å². The van der Waals surface area contributed by atoms with Gasteiger partial charge in [0.25, 0.3) is 0 Å². The Labute approximate surface area is 169 Å². The van der Waals surface area contributed by atoms with E-state index in [9.17, 15) is 0 Å². The largest absolute Gasteiger partial charge is 0.308 e. The number of nitrogens with zero attached hydrogens (tertiary/aromatic N) is 1. The van der Waals surface area contributed by atoms with Crippen molar-refractivity contribution >= 4 is 22.7 Å².